The molecule has 8 heteroatoms. The van der Waals surface area contributed by atoms with E-state index in [2.05, 4.69) is 58.0 Å². The van der Waals surface area contributed by atoms with Crippen molar-refractivity contribution in [2.45, 2.75) is 40.2 Å². The molecule has 6 rings (SSSR count). The average Bonchev–Trinajstić information content (AvgIpc) is 3.40. The average molecular weight is 494 g/mol. The molecule has 5 aromatic rings. The molecule has 1 N–H and O–H groups in total. The molecule has 0 unspecified atom stereocenters. The quantitative estimate of drug-likeness (QED) is 0.375. The topological polar surface area (TPSA) is 98.8 Å². The summed E-state index contributed by atoms with van der Waals surface area (Å²) in [6, 6.07) is 17.5. The summed E-state index contributed by atoms with van der Waals surface area (Å²) in [5, 5.41) is 3.87. The molecule has 1 aliphatic carbocycles. The number of hydrogen-bond acceptors (Lipinski definition) is 6. The minimum Gasteiger partial charge on any atom is -0.465 e. The third kappa shape index (κ3) is 4.24. The van der Waals surface area contributed by atoms with E-state index in [1.807, 2.05) is 32.1 Å². The summed E-state index contributed by atoms with van der Waals surface area (Å²) in [6.45, 7) is 7.14. The van der Waals surface area contributed by atoms with E-state index < -0.39 is 5.76 Å². The molecule has 0 atom stereocenters. The highest BCUT2D eigenvalue weighted by atomic mass is 16.5. The van der Waals surface area contributed by atoms with Crippen LogP contribution >= 0.6 is 0 Å². The van der Waals surface area contributed by atoms with Gasteiger partial charge in [-0.05, 0) is 84.7 Å². The molecular weight excluding hydrogens is 466 g/mol. The van der Waals surface area contributed by atoms with E-state index in [1.165, 1.54) is 11.1 Å². The van der Waals surface area contributed by atoms with Crippen LogP contribution in [0.1, 0.15) is 51.8 Å². The first-order valence-corrected chi connectivity index (χ1v) is 12.5. The first-order valence-electron chi connectivity index (χ1n) is 12.5. The van der Waals surface area contributed by atoms with Gasteiger partial charge in [-0.3, -0.25) is 14.1 Å². The van der Waals surface area contributed by atoms with Gasteiger partial charge in [-0.15, -0.1) is 0 Å². The molecule has 0 bridgehead atoms. The summed E-state index contributed by atoms with van der Waals surface area (Å²) < 4.78 is 12.7. The van der Waals surface area contributed by atoms with E-state index >= 15 is 0 Å². The standard InChI is InChI=1S/C29H27N5O3/c1-4-36-28-32-26-17(2)13-18(3)30-27(26)34(28)16-19-9-12-23-21(14-19)11-10-20-7-5-6-8-22(20)24(23)15-25-31-29(35)37-33-25/h5-9,12-15H,4,10-11,16H2,1-3H3,(H,31,33,35). The number of benzene rings is 2. The van der Waals surface area contributed by atoms with Crippen LogP contribution in [-0.4, -0.2) is 31.3 Å². The van der Waals surface area contributed by atoms with Gasteiger partial charge < -0.3 is 4.74 Å². The number of imidazole rings is 1. The second-order valence-electron chi connectivity index (χ2n) is 9.35. The Morgan fingerprint density at radius 1 is 1.05 bits per heavy atom. The van der Waals surface area contributed by atoms with Crippen LogP contribution in [0.4, 0.5) is 0 Å². The Balaban J connectivity index is 1.45. The van der Waals surface area contributed by atoms with Crippen molar-refractivity contribution in [3.05, 3.63) is 104 Å². The van der Waals surface area contributed by atoms with E-state index in [9.17, 15) is 4.79 Å². The zero-order valence-corrected chi connectivity index (χ0v) is 21.0. The van der Waals surface area contributed by atoms with E-state index in [0.717, 1.165) is 57.5 Å². The Bertz CT molecular complexity index is 1720. The van der Waals surface area contributed by atoms with E-state index in [-0.39, 0.29) is 0 Å². The van der Waals surface area contributed by atoms with Crippen LogP contribution in [0.5, 0.6) is 6.01 Å². The molecule has 0 saturated heterocycles. The molecule has 0 amide bonds. The molecular formula is C29H27N5O3. The summed E-state index contributed by atoms with van der Waals surface area (Å²) in [4.78, 5) is 23.8. The number of nitrogens with one attached hydrogen (secondary N) is 1. The van der Waals surface area contributed by atoms with Crippen LogP contribution in [0, 0.1) is 13.8 Å². The molecule has 0 fully saturated rings. The molecule has 186 valence electrons. The SMILES string of the molecule is CCOc1nc2c(C)cc(C)nc2n1Cc1ccc2c(c1)CCc1ccccc1C2=Cc1noc(=O)[nH]1. The summed E-state index contributed by atoms with van der Waals surface area (Å²) in [5.41, 5.74) is 10.6. The smallest absolute Gasteiger partial charge is 0.439 e. The summed E-state index contributed by atoms with van der Waals surface area (Å²) in [6.07, 6.45) is 3.70. The van der Waals surface area contributed by atoms with E-state index in [4.69, 9.17) is 19.2 Å². The molecule has 3 aromatic heterocycles. The van der Waals surface area contributed by atoms with Gasteiger partial charge in [0.15, 0.2) is 11.5 Å². The maximum absolute atomic E-state index is 11.6. The van der Waals surface area contributed by atoms with Crippen molar-refractivity contribution in [3.8, 4) is 6.01 Å². The Hall–Kier alpha value is -4.46. The van der Waals surface area contributed by atoms with Crippen LogP contribution in [0.3, 0.4) is 0 Å². The molecule has 2 aromatic carbocycles. The highest BCUT2D eigenvalue weighted by molar-refractivity contribution is 5.93. The van der Waals surface area contributed by atoms with Crippen molar-refractivity contribution in [2.75, 3.05) is 6.61 Å². The van der Waals surface area contributed by atoms with Crippen molar-refractivity contribution >= 4 is 22.8 Å². The molecule has 0 aliphatic heterocycles. The van der Waals surface area contributed by atoms with E-state index in [1.54, 1.807) is 0 Å². The Morgan fingerprint density at radius 3 is 2.68 bits per heavy atom. The fraction of sp³-hybridized carbons (Fsp3) is 0.241. The van der Waals surface area contributed by atoms with Gasteiger partial charge in [0, 0.05) is 5.69 Å². The predicted molar refractivity (Wildman–Crippen MR) is 142 cm³/mol. The minimum absolute atomic E-state index is 0.398. The predicted octanol–water partition coefficient (Wildman–Crippen LogP) is 4.86. The van der Waals surface area contributed by atoms with Gasteiger partial charge in [0.2, 0.25) is 0 Å². The van der Waals surface area contributed by atoms with Crippen LogP contribution in [0.2, 0.25) is 0 Å². The van der Waals surface area contributed by atoms with Crippen molar-refractivity contribution < 1.29 is 9.26 Å². The van der Waals surface area contributed by atoms with Gasteiger partial charge >= 0.3 is 5.76 Å². The summed E-state index contributed by atoms with van der Waals surface area (Å²) in [7, 11) is 0. The fourth-order valence-electron chi connectivity index (χ4n) is 5.17. The molecule has 0 radical (unpaired) electrons. The molecule has 8 nitrogen and oxygen atoms in total. The van der Waals surface area contributed by atoms with E-state index in [0.29, 0.717) is 25.0 Å². The number of rotatable bonds is 5. The number of hydrogen-bond donors (Lipinski definition) is 1. The maximum Gasteiger partial charge on any atom is 0.439 e. The number of aromatic amines is 1. The van der Waals surface area contributed by atoms with Crippen molar-refractivity contribution in [1.29, 1.82) is 0 Å². The maximum atomic E-state index is 11.6. The lowest BCUT2D eigenvalue weighted by Crippen LogP contribution is -2.07. The molecule has 1 aliphatic rings. The second kappa shape index (κ2) is 9.20. The summed E-state index contributed by atoms with van der Waals surface area (Å²) >= 11 is 0. The zero-order valence-electron chi connectivity index (χ0n) is 21.0. The van der Waals surface area contributed by atoms with Gasteiger partial charge in [0.25, 0.3) is 6.01 Å². The van der Waals surface area contributed by atoms with Gasteiger partial charge in [-0.2, -0.15) is 4.98 Å². The molecule has 3 heterocycles. The molecule has 37 heavy (non-hydrogen) atoms. The number of fused-ring (bicyclic) bond motifs is 3. The van der Waals surface area contributed by atoms with Crippen LogP contribution in [0.15, 0.2) is 57.8 Å². The van der Waals surface area contributed by atoms with Crippen molar-refractivity contribution in [1.82, 2.24) is 24.7 Å². The second-order valence-corrected chi connectivity index (χ2v) is 9.35. The number of nitrogens with zero attached hydrogens (tertiary/aromatic N) is 4. The highest BCUT2D eigenvalue weighted by Crippen LogP contribution is 2.35. The molecule has 0 spiro atoms. The third-order valence-electron chi connectivity index (χ3n) is 6.77. The lowest BCUT2D eigenvalue weighted by molar-refractivity contribution is 0.301. The lowest BCUT2D eigenvalue weighted by Gasteiger charge is -2.14. The van der Waals surface area contributed by atoms with Gasteiger partial charge in [-0.25, -0.2) is 9.78 Å². The monoisotopic (exact) mass is 493 g/mol. The third-order valence-corrected chi connectivity index (χ3v) is 6.77. The normalized spacial score (nSPS) is 14.0. The van der Waals surface area contributed by atoms with Crippen LogP contribution in [-0.2, 0) is 19.4 Å². The number of ether oxygens (including phenoxy) is 1. The van der Waals surface area contributed by atoms with Crippen molar-refractivity contribution in [2.24, 2.45) is 0 Å². The first-order chi connectivity index (χ1) is 18.0. The highest BCUT2D eigenvalue weighted by Gasteiger charge is 2.21. The van der Waals surface area contributed by atoms with Crippen molar-refractivity contribution in [3.63, 3.8) is 0 Å². The number of pyridine rings is 1. The Kier molecular flexibility index (Phi) is 5.71. The lowest BCUT2D eigenvalue weighted by atomic mass is 9.92. The fourth-order valence-corrected chi connectivity index (χ4v) is 5.17. The number of aromatic nitrogens is 5. The van der Waals surface area contributed by atoms with Crippen LogP contribution in [0.25, 0.3) is 22.8 Å². The number of aryl methyl sites for hydroxylation is 4. The largest absolute Gasteiger partial charge is 0.465 e. The van der Waals surface area contributed by atoms with Gasteiger partial charge in [0.05, 0.1) is 13.2 Å². The summed E-state index contributed by atoms with van der Waals surface area (Å²) in [5.74, 6) is -0.171. The first kappa shape index (κ1) is 23.0. The van der Waals surface area contributed by atoms with Gasteiger partial charge in [-0.1, -0.05) is 47.6 Å². The Labute approximate surface area is 213 Å². The zero-order chi connectivity index (χ0) is 25.5. The van der Waals surface area contributed by atoms with Gasteiger partial charge in [0.1, 0.15) is 5.52 Å². The molecule has 0 saturated carbocycles. The number of H-pyrrole nitrogens is 1. The Morgan fingerprint density at radius 2 is 1.86 bits per heavy atom. The van der Waals surface area contributed by atoms with Crippen LogP contribution < -0.4 is 10.5 Å². The minimum atomic E-state index is -0.568.